The van der Waals surface area contributed by atoms with Crippen molar-refractivity contribution in [3.05, 3.63) is 58.1 Å². The van der Waals surface area contributed by atoms with Crippen LogP contribution in [0.2, 0.25) is 0 Å². The molecule has 0 saturated carbocycles. The van der Waals surface area contributed by atoms with Crippen LogP contribution in [0, 0.1) is 6.92 Å². The molecular formula is C16H16BrNO2. The fraction of sp³-hybridized carbons (Fsp3) is 0.188. The summed E-state index contributed by atoms with van der Waals surface area (Å²) in [5.41, 5.74) is 2.72. The highest BCUT2D eigenvalue weighted by atomic mass is 79.9. The number of hydrogen-bond acceptors (Lipinski definition) is 2. The SMILES string of the molecule is COc1ccccc1CC(=O)Nc1cc(Br)ccc1C. The van der Waals surface area contributed by atoms with Crippen molar-refractivity contribution in [1.82, 2.24) is 0 Å². The normalized spacial score (nSPS) is 10.2. The maximum atomic E-state index is 12.1. The molecule has 0 aliphatic rings. The van der Waals surface area contributed by atoms with Gasteiger partial charge in [0.2, 0.25) is 5.91 Å². The molecule has 0 heterocycles. The molecule has 0 aromatic heterocycles. The van der Waals surface area contributed by atoms with Crippen LogP contribution in [0.1, 0.15) is 11.1 Å². The van der Waals surface area contributed by atoms with Crippen LogP contribution in [-0.2, 0) is 11.2 Å². The molecule has 0 radical (unpaired) electrons. The van der Waals surface area contributed by atoms with Crippen LogP contribution < -0.4 is 10.1 Å². The van der Waals surface area contributed by atoms with Gasteiger partial charge in [0, 0.05) is 15.7 Å². The molecule has 1 amide bonds. The second-order valence-electron chi connectivity index (χ2n) is 4.50. The summed E-state index contributed by atoms with van der Waals surface area (Å²) in [5, 5.41) is 2.93. The summed E-state index contributed by atoms with van der Waals surface area (Å²) < 4.78 is 6.19. The van der Waals surface area contributed by atoms with Crippen LogP contribution in [-0.4, -0.2) is 13.0 Å². The first kappa shape index (κ1) is 14.6. The summed E-state index contributed by atoms with van der Waals surface area (Å²) in [4.78, 5) is 12.1. The summed E-state index contributed by atoms with van der Waals surface area (Å²) in [6.45, 7) is 1.96. The minimum Gasteiger partial charge on any atom is -0.496 e. The largest absolute Gasteiger partial charge is 0.496 e. The van der Waals surface area contributed by atoms with Gasteiger partial charge in [-0.25, -0.2) is 0 Å². The lowest BCUT2D eigenvalue weighted by molar-refractivity contribution is -0.115. The van der Waals surface area contributed by atoms with Gasteiger partial charge < -0.3 is 10.1 Å². The van der Waals surface area contributed by atoms with E-state index in [0.717, 1.165) is 27.0 Å². The monoisotopic (exact) mass is 333 g/mol. The molecule has 0 atom stereocenters. The Morgan fingerprint density at radius 2 is 2.00 bits per heavy atom. The Morgan fingerprint density at radius 1 is 1.25 bits per heavy atom. The first-order valence-corrected chi connectivity index (χ1v) is 7.07. The minimum absolute atomic E-state index is 0.0595. The highest BCUT2D eigenvalue weighted by Gasteiger charge is 2.09. The molecule has 0 aliphatic heterocycles. The second-order valence-corrected chi connectivity index (χ2v) is 5.41. The number of amides is 1. The number of rotatable bonds is 4. The van der Waals surface area contributed by atoms with Gasteiger partial charge in [-0.05, 0) is 30.7 Å². The zero-order chi connectivity index (χ0) is 14.5. The van der Waals surface area contributed by atoms with E-state index in [1.807, 2.05) is 49.4 Å². The number of nitrogens with one attached hydrogen (secondary N) is 1. The Labute approximate surface area is 127 Å². The van der Waals surface area contributed by atoms with E-state index in [4.69, 9.17) is 4.74 Å². The van der Waals surface area contributed by atoms with Gasteiger partial charge in [0.25, 0.3) is 0 Å². The van der Waals surface area contributed by atoms with Crippen LogP contribution in [0.5, 0.6) is 5.75 Å². The third kappa shape index (κ3) is 3.61. The van der Waals surface area contributed by atoms with Gasteiger partial charge in [-0.2, -0.15) is 0 Å². The van der Waals surface area contributed by atoms with E-state index in [0.29, 0.717) is 0 Å². The molecule has 0 fully saturated rings. The second kappa shape index (κ2) is 6.57. The molecule has 2 aromatic rings. The molecule has 1 N–H and O–H groups in total. The Balaban J connectivity index is 2.11. The summed E-state index contributed by atoms with van der Waals surface area (Å²) in [6, 6.07) is 13.3. The van der Waals surface area contributed by atoms with E-state index in [-0.39, 0.29) is 12.3 Å². The van der Waals surface area contributed by atoms with Crippen molar-refractivity contribution in [2.24, 2.45) is 0 Å². The van der Waals surface area contributed by atoms with Crippen molar-refractivity contribution in [2.75, 3.05) is 12.4 Å². The van der Waals surface area contributed by atoms with E-state index >= 15 is 0 Å². The van der Waals surface area contributed by atoms with Gasteiger partial charge in [0.1, 0.15) is 5.75 Å². The molecule has 0 bridgehead atoms. The Bertz CT molecular complexity index is 626. The number of carbonyl (C=O) groups is 1. The molecule has 104 valence electrons. The lowest BCUT2D eigenvalue weighted by Crippen LogP contribution is -2.15. The predicted molar refractivity (Wildman–Crippen MR) is 84.2 cm³/mol. The van der Waals surface area contributed by atoms with Gasteiger partial charge in [0.05, 0.1) is 13.5 Å². The minimum atomic E-state index is -0.0595. The highest BCUT2D eigenvalue weighted by Crippen LogP contribution is 2.22. The van der Waals surface area contributed by atoms with Gasteiger partial charge in [0.15, 0.2) is 0 Å². The first-order valence-electron chi connectivity index (χ1n) is 6.28. The molecule has 3 nitrogen and oxygen atoms in total. The number of halogens is 1. The van der Waals surface area contributed by atoms with Gasteiger partial charge in [-0.15, -0.1) is 0 Å². The Kier molecular flexibility index (Phi) is 4.79. The lowest BCUT2D eigenvalue weighted by Gasteiger charge is -2.11. The summed E-state index contributed by atoms with van der Waals surface area (Å²) in [6.07, 6.45) is 0.288. The third-order valence-corrected chi connectivity index (χ3v) is 3.51. The maximum Gasteiger partial charge on any atom is 0.228 e. The van der Waals surface area contributed by atoms with Crippen LogP contribution in [0.4, 0.5) is 5.69 Å². The summed E-state index contributed by atoms with van der Waals surface area (Å²) in [7, 11) is 1.61. The molecule has 2 aromatic carbocycles. The van der Waals surface area contributed by atoms with E-state index in [9.17, 15) is 4.79 Å². The average Bonchev–Trinajstić information content (AvgIpc) is 2.43. The van der Waals surface area contributed by atoms with Crippen LogP contribution in [0.3, 0.4) is 0 Å². The molecule has 0 aliphatic carbocycles. The van der Waals surface area contributed by atoms with E-state index in [1.54, 1.807) is 7.11 Å². The van der Waals surface area contributed by atoms with Crippen molar-refractivity contribution in [1.29, 1.82) is 0 Å². The van der Waals surface area contributed by atoms with Crippen LogP contribution in [0.15, 0.2) is 46.9 Å². The Morgan fingerprint density at radius 3 is 2.75 bits per heavy atom. The average molecular weight is 334 g/mol. The van der Waals surface area contributed by atoms with E-state index in [2.05, 4.69) is 21.2 Å². The number of para-hydroxylation sites is 1. The molecule has 0 saturated heterocycles. The molecule has 0 spiro atoms. The van der Waals surface area contributed by atoms with Gasteiger partial charge in [-0.3, -0.25) is 4.79 Å². The number of benzene rings is 2. The highest BCUT2D eigenvalue weighted by molar-refractivity contribution is 9.10. The number of ether oxygens (including phenoxy) is 1. The zero-order valence-electron chi connectivity index (χ0n) is 11.4. The number of methoxy groups -OCH3 is 1. The van der Waals surface area contributed by atoms with Crippen molar-refractivity contribution in [3.63, 3.8) is 0 Å². The van der Waals surface area contributed by atoms with Crippen molar-refractivity contribution >= 4 is 27.5 Å². The molecule has 2 rings (SSSR count). The lowest BCUT2D eigenvalue weighted by atomic mass is 10.1. The number of aryl methyl sites for hydroxylation is 1. The number of carbonyl (C=O) groups excluding carboxylic acids is 1. The maximum absolute atomic E-state index is 12.1. The topological polar surface area (TPSA) is 38.3 Å². The van der Waals surface area contributed by atoms with Crippen molar-refractivity contribution in [2.45, 2.75) is 13.3 Å². The fourth-order valence-corrected chi connectivity index (χ4v) is 2.31. The van der Waals surface area contributed by atoms with Crippen LogP contribution >= 0.6 is 15.9 Å². The molecule has 0 unspecified atom stereocenters. The summed E-state index contributed by atoms with van der Waals surface area (Å²) in [5.74, 6) is 0.671. The number of hydrogen-bond donors (Lipinski definition) is 1. The van der Waals surface area contributed by atoms with E-state index in [1.165, 1.54) is 0 Å². The van der Waals surface area contributed by atoms with E-state index < -0.39 is 0 Å². The van der Waals surface area contributed by atoms with Gasteiger partial charge >= 0.3 is 0 Å². The first-order chi connectivity index (χ1) is 9.60. The molecular weight excluding hydrogens is 318 g/mol. The molecule has 4 heteroatoms. The fourth-order valence-electron chi connectivity index (χ4n) is 1.95. The predicted octanol–water partition coefficient (Wildman–Crippen LogP) is 3.95. The third-order valence-electron chi connectivity index (χ3n) is 3.02. The quantitative estimate of drug-likeness (QED) is 0.919. The Hall–Kier alpha value is -1.81. The zero-order valence-corrected chi connectivity index (χ0v) is 13.0. The van der Waals surface area contributed by atoms with Crippen molar-refractivity contribution < 1.29 is 9.53 Å². The summed E-state index contributed by atoms with van der Waals surface area (Å²) >= 11 is 3.40. The smallest absolute Gasteiger partial charge is 0.228 e. The number of anilines is 1. The molecule has 20 heavy (non-hydrogen) atoms. The van der Waals surface area contributed by atoms with Crippen LogP contribution in [0.25, 0.3) is 0 Å². The van der Waals surface area contributed by atoms with Gasteiger partial charge in [-0.1, -0.05) is 40.2 Å². The van der Waals surface area contributed by atoms with Crippen molar-refractivity contribution in [3.8, 4) is 5.75 Å². The standard InChI is InChI=1S/C16H16BrNO2/c1-11-7-8-13(17)10-14(11)18-16(19)9-12-5-3-4-6-15(12)20-2/h3-8,10H,9H2,1-2H3,(H,18,19).